The van der Waals surface area contributed by atoms with Gasteiger partial charge in [-0.2, -0.15) is 0 Å². The van der Waals surface area contributed by atoms with Gasteiger partial charge in [-0.05, 0) is 25.1 Å². The summed E-state index contributed by atoms with van der Waals surface area (Å²) in [5.74, 6) is 0.230. The topological polar surface area (TPSA) is 69.8 Å². The predicted molar refractivity (Wildman–Crippen MR) is 65.5 cm³/mol. The van der Waals surface area contributed by atoms with Crippen LogP contribution in [-0.4, -0.2) is 35.7 Å². The van der Waals surface area contributed by atoms with Crippen LogP contribution < -0.4 is 10.7 Å². The van der Waals surface area contributed by atoms with Crippen LogP contribution in [0.2, 0.25) is 0 Å². The van der Waals surface area contributed by atoms with Crippen molar-refractivity contribution < 1.29 is 9.90 Å². The largest absolute Gasteiger partial charge is 0.508 e. The van der Waals surface area contributed by atoms with Crippen LogP contribution in [0.1, 0.15) is 12.8 Å². The number of hydrazine groups is 1. The Morgan fingerprint density at radius 1 is 1.41 bits per heavy atom. The van der Waals surface area contributed by atoms with E-state index in [0.717, 1.165) is 13.0 Å². The normalized spacial score (nSPS) is 16.8. The van der Waals surface area contributed by atoms with Crippen LogP contribution >= 0.6 is 0 Å². The maximum absolute atomic E-state index is 11.8. The number of hydrogen-bond donors (Lipinski definition) is 2. The standard InChI is InChI=1S/C12H17N3O2/c13-6-2-7-14-8-5-12(17)15(14)10-3-1-4-11(16)9-10/h1,3-4,9,16H,2,5-8,13H2. The van der Waals surface area contributed by atoms with Gasteiger partial charge in [0.2, 0.25) is 5.91 Å². The molecule has 1 aromatic carbocycles. The summed E-state index contributed by atoms with van der Waals surface area (Å²) < 4.78 is 0. The summed E-state index contributed by atoms with van der Waals surface area (Å²) in [7, 11) is 0. The average Bonchev–Trinajstić information content (AvgIpc) is 2.68. The van der Waals surface area contributed by atoms with E-state index < -0.39 is 0 Å². The molecule has 2 rings (SSSR count). The van der Waals surface area contributed by atoms with Gasteiger partial charge in [0.25, 0.3) is 0 Å². The SMILES string of the molecule is NCCCN1CCC(=O)N1c1cccc(O)c1. The summed E-state index contributed by atoms with van der Waals surface area (Å²) in [6.45, 7) is 2.09. The number of nitrogens with zero attached hydrogens (tertiary/aromatic N) is 2. The van der Waals surface area contributed by atoms with Crippen molar-refractivity contribution >= 4 is 11.6 Å². The number of phenolic OH excluding ortho intramolecular Hbond substituents is 1. The summed E-state index contributed by atoms with van der Waals surface area (Å²) in [5, 5.41) is 13.1. The van der Waals surface area contributed by atoms with Crippen LogP contribution in [0.25, 0.3) is 0 Å². The van der Waals surface area contributed by atoms with E-state index in [2.05, 4.69) is 0 Å². The molecule has 17 heavy (non-hydrogen) atoms. The number of benzene rings is 1. The number of anilines is 1. The smallest absolute Gasteiger partial charge is 0.242 e. The molecule has 1 fully saturated rings. The van der Waals surface area contributed by atoms with Gasteiger partial charge in [0.05, 0.1) is 5.69 Å². The molecule has 1 aliphatic heterocycles. The number of carbonyl (C=O) groups excluding carboxylic acids is 1. The Labute approximate surface area is 100 Å². The monoisotopic (exact) mass is 235 g/mol. The lowest BCUT2D eigenvalue weighted by Gasteiger charge is -2.27. The molecule has 5 nitrogen and oxygen atoms in total. The van der Waals surface area contributed by atoms with E-state index in [-0.39, 0.29) is 11.7 Å². The Hall–Kier alpha value is -1.59. The van der Waals surface area contributed by atoms with Gasteiger partial charge in [-0.15, -0.1) is 0 Å². The summed E-state index contributed by atoms with van der Waals surface area (Å²) in [6.07, 6.45) is 1.36. The number of phenols is 1. The second-order valence-corrected chi connectivity index (χ2v) is 4.07. The minimum absolute atomic E-state index is 0.0626. The Kier molecular flexibility index (Phi) is 3.61. The lowest BCUT2D eigenvalue weighted by Crippen LogP contribution is -2.40. The van der Waals surface area contributed by atoms with Gasteiger partial charge < -0.3 is 10.8 Å². The van der Waals surface area contributed by atoms with Crippen LogP contribution in [0.15, 0.2) is 24.3 Å². The van der Waals surface area contributed by atoms with E-state index in [0.29, 0.717) is 25.2 Å². The highest BCUT2D eigenvalue weighted by Crippen LogP contribution is 2.25. The van der Waals surface area contributed by atoms with Gasteiger partial charge in [-0.3, -0.25) is 4.79 Å². The summed E-state index contributed by atoms with van der Waals surface area (Å²) in [4.78, 5) is 11.8. The van der Waals surface area contributed by atoms with Gasteiger partial charge in [0.1, 0.15) is 5.75 Å². The molecule has 0 spiro atoms. The molecule has 0 atom stereocenters. The molecule has 0 radical (unpaired) electrons. The maximum Gasteiger partial charge on any atom is 0.242 e. The molecule has 5 heteroatoms. The maximum atomic E-state index is 11.8. The third kappa shape index (κ3) is 2.57. The molecule has 1 saturated heterocycles. The molecule has 0 aromatic heterocycles. The number of carbonyl (C=O) groups is 1. The second-order valence-electron chi connectivity index (χ2n) is 4.07. The zero-order valence-electron chi connectivity index (χ0n) is 9.67. The lowest BCUT2D eigenvalue weighted by atomic mass is 10.3. The van der Waals surface area contributed by atoms with Gasteiger partial charge in [-0.25, -0.2) is 10.0 Å². The lowest BCUT2D eigenvalue weighted by molar-refractivity contribution is -0.118. The van der Waals surface area contributed by atoms with Crippen molar-refractivity contribution in [1.82, 2.24) is 5.01 Å². The number of amides is 1. The Balaban J connectivity index is 2.18. The molecule has 1 aromatic rings. The minimum atomic E-state index is 0.0626. The fraction of sp³-hybridized carbons (Fsp3) is 0.417. The first-order chi connectivity index (χ1) is 8.22. The zero-order chi connectivity index (χ0) is 12.3. The molecule has 1 amide bonds. The molecule has 0 bridgehead atoms. The number of rotatable bonds is 4. The predicted octanol–water partition coefficient (Wildman–Crippen LogP) is 0.695. The first-order valence-electron chi connectivity index (χ1n) is 5.79. The van der Waals surface area contributed by atoms with Gasteiger partial charge in [0, 0.05) is 25.6 Å². The number of aromatic hydroxyl groups is 1. The summed E-state index contributed by atoms with van der Waals surface area (Å²) in [5.41, 5.74) is 6.19. The van der Waals surface area contributed by atoms with E-state index >= 15 is 0 Å². The van der Waals surface area contributed by atoms with Crippen molar-refractivity contribution in [3.63, 3.8) is 0 Å². The van der Waals surface area contributed by atoms with Crippen LogP contribution in [-0.2, 0) is 4.79 Å². The van der Waals surface area contributed by atoms with Crippen molar-refractivity contribution in [2.75, 3.05) is 24.6 Å². The molecular formula is C12H17N3O2. The van der Waals surface area contributed by atoms with Crippen LogP contribution in [0.3, 0.4) is 0 Å². The Morgan fingerprint density at radius 2 is 2.24 bits per heavy atom. The highest BCUT2D eigenvalue weighted by atomic mass is 16.3. The Bertz CT molecular complexity index is 408. The summed E-state index contributed by atoms with van der Waals surface area (Å²) in [6, 6.07) is 6.74. The average molecular weight is 235 g/mol. The highest BCUT2D eigenvalue weighted by Gasteiger charge is 2.29. The van der Waals surface area contributed by atoms with E-state index in [9.17, 15) is 9.90 Å². The van der Waals surface area contributed by atoms with E-state index in [1.54, 1.807) is 23.2 Å². The van der Waals surface area contributed by atoms with Gasteiger partial charge in [-0.1, -0.05) is 6.07 Å². The summed E-state index contributed by atoms with van der Waals surface area (Å²) >= 11 is 0. The van der Waals surface area contributed by atoms with Crippen molar-refractivity contribution in [2.24, 2.45) is 5.73 Å². The van der Waals surface area contributed by atoms with Crippen molar-refractivity contribution in [3.05, 3.63) is 24.3 Å². The van der Waals surface area contributed by atoms with E-state index in [1.807, 2.05) is 11.1 Å². The first-order valence-corrected chi connectivity index (χ1v) is 5.79. The molecule has 0 saturated carbocycles. The molecule has 0 unspecified atom stereocenters. The molecule has 3 N–H and O–H groups in total. The Morgan fingerprint density at radius 3 is 2.94 bits per heavy atom. The van der Waals surface area contributed by atoms with Crippen LogP contribution in [0.4, 0.5) is 5.69 Å². The van der Waals surface area contributed by atoms with Crippen LogP contribution in [0, 0.1) is 0 Å². The van der Waals surface area contributed by atoms with E-state index in [1.165, 1.54) is 0 Å². The first kappa shape index (κ1) is 11.9. The molecule has 1 aliphatic rings. The second kappa shape index (κ2) is 5.16. The zero-order valence-corrected chi connectivity index (χ0v) is 9.67. The number of nitrogens with two attached hydrogens (primary N) is 1. The van der Waals surface area contributed by atoms with Crippen LogP contribution in [0.5, 0.6) is 5.75 Å². The third-order valence-corrected chi connectivity index (χ3v) is 2.80. The highest BCUT2D eigenvalue weighted by molar-refractivity contribution is 5.94. The minimum Gasteiger partial charge on any atom is -0.508 e. The van der Waals surface area contributed by atoms with Crippen molar-refractivity contribution in [1.29, 1.82) is 0 Å². The molecule has 92 valence electrons. The molecular weight excluding hydrogens is 218 g/mol. The van der Waals surface area contributed by atoms with Gasteiger partial charge in [0.15, 0.2) is 0 Å². The molecule has 0 aliphatic carbocycles. The van der Waals surface area contributed by atoms with Crippen molar-refractivity contribution in [2.45, 2.75) is 12.8 Å². The quantitative estimate of drug-likeness (QED) is 0.805. The van der Waals surface area contributed by atoms with Crippen molar-refractivity contribution in [3.8, 4) is 5.75 Å². The fourth-order valence-corrected chi connectivity index (χ4v) is 2.01. The molecule has 1 heterocycles. The van der Waals surface area contributed by atoms with Gasteiger partial charge >= 0.3 is 0 Å². The number of hydrogen-bond acceptors (Lipinski definition) is 4. The third-order valence-electron chi connectivity index (χ3n) is 2.80. The van der Waals surface area contributed by atoms with E-state index in [4.69, 9.17) is 5.73 Å². The fourth-order valence-electron chi connectivity index (χ4n) is 2.01.